The molecule has 7 nitrogen and oxygen atoms in total. The number of sulfonamides is 1. The first-order chi connectivity index (χ1) is 12.3. The van der Waals surface area contributed by atoms with Crippen molar-refractivity contribution in [3.63, 3.8) is 0 Å². The van der Waals surface area contributed by atoms with Crippen molar-refractivity contribution in [3.8, 4) is 5.75 Å². The van der Waals surface area contributed by atoms with Crippen LogP contribution in [-0.4, -0.2) is 39.6 Å². The lowest BCUT2D eigenvalue weighted by atomic mass is 10.1. The van der Waals surface area contributed by atoms with Gasteiger partial charge in [0.25, 0.3) is 0 Å². The van der Waals surface area contributed by atoms with Crippen LogP contribution < -0.4 is 9.46 Å². The van der Waals surface area contributed by atoms with Crippen LogP contribution in [0.2, 0.25) is 0 Å². The molecule has 0 heterocycles. The molecule has 2 aromatic rings. The Hall–Kier alpha value is -2.87. The normalized spacial score (nSPS) is 10.8. The van der Waals surface area contributed by atoms with E-state index in [9.17, 15) is 18.0 Å². The highest BCUT2D eigenvalue weighted by molar-refractivity contribution is 7.92. The van der Waals surface area contributed by atoms with Crippen molar-refractivity contribution < 1.29 is 27.5 Å². The van der Waals surface area contributed by atoms with Gasteiger partial charge in [-0.25, -0.2) is 13.2 Å². The molecule has 0 aliphatic carbocycles. The van der Waals surface area contributed by atoms with Crippen LogP contribution in [0.15, 0.2) is 48.5 Å². The number of carbonyl (C=O) groups excluding carboxylic acids is 2. The van der Waals surface area contributed by atoms with Gasteiger partial charge < -0.3 is 9.47 Å². The van der Waals surface area contributed by atoms with Gasteiger partial charge in [-0.1, -0.05) is 24.3 Å². The number of hydrogen-bond acceptors (Lipinski definition) is 6. The van der Waals surface area contributed by atoms with Crippen molar-refractivity contribution >= 4 is 27.5 Å². The van der Waals surface area contributed by atoms with Crippen LogP contribution in [0.4, 0.5) is 5.69 Å². The molecule has 2 aromatic carbocycles. The molecule has 1 N–H and O–H groups in total. The van der Waals surface area contributed by atoms with Crippen LogP contribution in [0.1, 0.15) is 27.6 Å². The molecule has 0 amide bonds. The van der Waals surface area contributed by atoms with Gasteiger partial charge in [0, 0.05) is 0 Å². The Morgan fingerprint density at radius 1 is 0.962 bits per heavy atom. The molecule has 0 unspecified atom stereocenters. The Kier molecular flexibility index (Phi) is 6.35. The Labute approximate surface area is 152 Å². The Morgan fingerprint density at radius 3 is 2.23 bits per heavy atom. The molecule has 0 radical (unpaired) electrons. The molecule has 0 fully saturated rings. The first-order valence-electron chi connectivity index (χ1n) is 7.74. The van der Waals surface area contributed by atoms with Gasteiger partial charge in [-0.15, -0.1) is 0 Å². The molecule has 0 saturated carbocycles. The fourth-order valence-electron chi connectivity index (χ4n) is 2.20. The largest absolute Gasteiger partial charge is 0.489 e. The van der Waals surface area contributed by atoms with Crippen LogP contribution in [0.3, 0.4) is 0 Å². The summed E-state index contributed by atoms with van der Waals surface area (Å²) in [5, 5.41) is 0. The van der Waals surface area contributed by atoms with Gasteiger partial charge in [-0.3, -0.25) is 9.52 Å². The van der Waals surface area contributed by atoms with E-state index in [0.29, 0.717) is 11.3 Å². The van der Waals surface area contributed by atoms with Crippen LogP contribution in [-0.2, 0) is 14.8 Å². The van der Waals surface area contributed by atoms with Crippen molar-refractivity contribution in [3.05, 3.63) is 59.7 Å². The molecule has 0 aromatic heterocycles. The molecule has 0 saturated heterocycles. The van der Waals surface area contributed by atoms with Gasteiger partial charge in [0.15, 0.2) is 5.78 Å². The zero-order chi connectivity index (χ0) is 19.2. The number of esters is 1. The van der Waals surface area contributed by atoms with Crippen molar-refractivity contribution in [1.82, 2.24) is 0 Å². The zero-order valence-corrected chi connectivity index (χ0v) is 15.2. The zero-order valence-electron chi connectivity index (χ0n) is 14.4. The highest BCUT2D eigenvalue weighted by atomic mass is 32.2. The third-order valence-corrected chi connectivity index (χ3v) is 3.87. The number of carbonyl (C=O) groups is 2. The van der Waals surface area contributed by atoms with E-state index in [-0.39, 0.29) is 30.2 Å². The standard InChI is InChI=1S/C18H19NO6S/c1-13(20)14-7-4-6-10-17(14)24-11-12-25-18(21)15-8-3-5-9-16(15)19-26(2,22)23/h3-10,19H,11-12H2,1-2H3. The second-order valence-corrected chi connectivity index (χ2v) is 7.20. The van der Waals surface area contributed by atoms with Crippen LogP contribution >= 0.6 is 0 Å². The number of para-hydroxylation sites is 2. The molecule has 26 heavy (non-hydrogen) atoms. The number of ether oxygens (including phenoxy) is 2. The maximum atomic E-state index is 12.2. The first-order valence-corrected chi connectivity index (χ1v) is 9.64. The lowest BCUT2D eigenvalue weighted by molar-refractivity contribution is 0.0450. The topological polar surface area (TPSA) is 98.8 Å². The average Bonchev–Trinajstić information content (AvgIpc) is 2.58. The van der Waals surface area contributed by atoms with E-state index >= 15 is 0 Å². The number of Topliss-reactive ketones (excluding diaryl/α,β-unsaturated/α-hetero) is 1. The summed E-state index contributed by atoms with van der Waals surface area (Å²) in [7, 11) is -3.52. The SMILES string of the molecule is CC(=O)c1ccccc1OCCOC(=O)c1ccccc1NS(C)(=O)=O. The van der Waals surface area contributed by atoms with E-state index in [1.165, 1.54) is 19.1 Å². The fraction of sp³-hybridized carbons (Fsp3) is 0.222. The van der Waals surface area contributed by atoms with E-state index in [1.807, 2.05) is 0 Å². The smallest absolute Gasteiger partial charge is 0.340 e. The lowest BCUT2D eigenvalue weighted by Gasteiger charge is -2.12. The van der Waals surface area contributed by atoms with Gasteiger partial charge >= 0.3 is 5.97 Å². The van der Waals surface area contributed by atoms with E-state index in [2.05, 4.69) is 4.72 Å². The minimum absolute atomic E-state index is 0.0533. The van der Waals surface area contributed by atoms with Crippen molar-refractivity contribution in [2.45, 2.75) is 6.92 Å². The van der Waals surface area contributed by atoms with Crippen molar-refractivity contribution in [1.29, 1.82) is 0 Å². The second-order valence-electron chi connectivity index (χ2n) is 5.46. The molecular weight excluding hydrogens is 358 g/mol. The summed E-state index contributed by atoms with van der Waals surface area (Å²) in [6.07, 6.45) is 0.995. The van der Waals surface area contributed by atoms with Gasteiger partial charge in [-0.2, -0.15) is 0 Å². The maximum Gasteiger partial charge on any atom is 0.340 e. The van der Waals surface area contributed by atoms with Gasteiger partial charge in [-0.05, 0) is 31.2 Å². The summed E-state index contributed by atoms with van der Waals surface area (Å²) in [5.74, 6) is -0.395. The number of benzene rings is 2. The number of nitrogens with one attached hydrogen (secondary N) is 1. The molecular formula is C18H19NO6S. The Balaban J connectivity index is 1.95. The van der Waals surface area contributed by atoms with Crippen LogP contribution in [0, 0.1) is 0 Å². The average molecular weight is 377 g/mol. The molecule has 2 rings (SSSR count). The number of hydrogen-bond donors (Lipinski definition) is 1. The highest BCUT2D eigenvalue weighted by Crippen LogP contribution is 2.19. The summed E-state index contributed by atoms with van der Waals surface area (Å²) < 4.78 is 35.6. The van der Waals surface area contributed by atoms with E-state index in [1.54, 1.807) is 36.4 Å². The van der Waals surface area contributed by atoms with E-state index < -0.39 is 16.0 Å². The lowest BCUT2D eigenvalue weighted by Crippen LogP contribution is -2.17. The molecule has 0 bridgehead atoms. The predicted molar refractivity (Wildman–Crippen MR) is 97.1 cm³/mol. The van der Waals surface area contributed by atoms with E-state index in [4.69, 9.17) is 9.47 Å². The molecule has 8 heteroatoms. The number of rotatable bonds is 8. The van der Waals surface area contributed by atoms with Crippen LogP contribution in [0.25, 0.3) is 0 Å². The summed E-state index contributed by atoms with van der Waals surface area (Å²) in [4.78, 5) is 23.7. The Morgan fingerprint density at radius 2 is 1.58 bits per heavy atom. The highest BCUT2D eigenvalue weighted by Gasteiger charge is 2.15. The summed E-state index contributed by atoms with van der Waals surface area (Å²) in [6, 6.07) is 12.9. The van der Waals surface area contributed by atoms with Crippen molar-refractivity contribution in [2.24, 2.45) is 0 Å². The number of ketones is 1. The molecule has 0 aliphatic rings. The molecule has 0 aliphatic heterocycles. The van der Waals surface area contributed by atoms with Crippen molar-refractivity contribution in [2.75, 3.05) is 24.2 Å². The maximum absolute atomic E-state index is 12.2. The summed E-state index contributed by atoms with van der Waals surface area (Å²) in [5.41, 5.74) is 0.687. The minimum Gasteiger partial charge on any atom is -0.489 e. The summed E-state index contributed by atoms with van der Waals surface area (Å²) >= 11 is 0. The van der Waals surface area contributed by atoms with Gasteiger partial charge in [0.2, 0.25) is 10.0 Å². The molecule has 138 valence electrons. The molecule has 0 atom stereocenters. The quantitative estimate of drug-likeness (QED) is 0.431. The monoisotopic (exact) mass is 377 g/mol. The van der Waals surface area contributed by atoms with Gasteiger partial charge in [0.05, 0.1) is 23.1 Å². The molecule has 0 spiro atoms. The third kappa shape index (κ3) is 5.59. The first kappa shape index (κ1) is 19.5. The third-order valence-electron chi connectivity index (χ3n) is 3.28. The second kappa shape index (κ2) is 8.48. The fourth-order valence-corrected chi connectivity index (χ4v) is 2.77. The van der Waals surface area contributed by atoms with Gasteiger partial charge in [0.1, 0.15) is 19.0 Å². The summed E-state index contributed by atoms with van der Waals surface area (Å²) in [6.45, 7) is 1.43. The van der Waals surface area contributed by atoms with E-state index in [0.717, 1.165) is 6.26 Å². The predicted octanol–water partition coefficient (Wildman–Crippen LogP) is 2.50. The Bertz CT molecular complexity index is 907. The van der Waals surface area contributed by atoms with Crippen LogP contribution in [0.5, 0.6) is 5.75 Å². The minimum atomic E-state index is -3.52. The number of anilines is 1.